The zero-order valence-corrected chi connectivity index (χ0v) is 21.8. The lowest BCUT2D eigenvalue weighted by atomic mass is 9.98. The van der Waals surface area contributed by atoms with Crippen LogP contribution in [0.5, 0.6) is 5.88 Å². The van der Waals surface area contributed by atoms with Crippen LogP contribution in [0.1, 0.15) is 65.4 Å². The predicted molar refractivity (Wildman–Crippen MR) is 141 cm³/mol. The first-order valence-electron chi connectivity index (χ1n) is 14.4. The maximum Gasteiger partial charge on any atom is 0.434 e. The van der Waals surface area contributed by atoms with Crippen LogP contribution < -0.4 is 9.64 Å². The third-order valence-electron chi connectivity index (χ3n) is 7.36. The Morgan fingerprint density at radius 3 is 2.54 bits per heavy atom. The first-order chi connectivity index (χ1) is 19.9. The summed E-state index contributed by atoms with van der Waals surface area (Å²) in [6, 6.07) is 7.01. The maximum atomic E-state index is 13.4. The highest BCUT2D eigenvalue weighted by Crippen LogP contribution is 2.46. The smallest absolute Gasteiger partial charge is 0.434 e. The Hall–Kier alpha value is -3.89. The number of rotatable bonds is 6. The third-order valence-corrected chi connectivity index (χ3v) is 7.36. The van der Waals surface area contributed by atoms with E-state index in [1.165, 1.54) is 18.0 Å². The molecule has 2 aliphatic rings. The Morgan fingerprint density at radius 2 is 1.90 bits per heavy atom. The Kier molecular flexibility index (Phi) is 5.29. The van der Waals surface area contributed by atoms with Crippen molar-refractivity contribution >= 4 is 5.69 Å². The van der Waals surface area contributed by atoms with E-state index in [-0.39, 0.29) is 17.8 Å². The van der Waals surface area contributed by atoms with Crippen LogP contribution in [0.25, 0.3) is 22.6 Å². The molecular formula is C28H30F3N7O. The molecule has 0 amide bonds. The van der Waals surface area contributed by atoms with Gasteiger partial charge in [0.1, 0.15) is 17.8 Å². The van der Waals surface area contributed by atoms with E-state index in [1.54, 1.807) is 12.1 Å². The molecule has 3 aromatic heterocycles. The highest BCUT2D eigenvalue weighted by Gasteiger charge is 2.36. The molecule has 0 atom stereocenters. The van der Waals surface area contributed by atoms with Crippen molar-refractivity contribution in [3.8, 4) is 28.5 Å². The quantitative estimate of drug-likeness (QED) is 0.308. The van der Waals surface area contributed by atoms with Crippen LogP contribution in [0.15, 0.2) is 36.8 Å². The molecule has 1 aliphatic heterocycles. The minimum absolute atomic E-state index is 0.212. The van der Waals surface area contributed by atoms with Gasteiger partial charge >= 0.3 is 6.18 Å². The minimum atomic E-state index is -4.54. The summed E-state index contributed by atoms with van der Waals surface area (Å²) in [6.45, 7) is 2.06. The second-order valence-electron chi connectivity index (χ2n) is 10.3. The largest absolute Gasteiger partial charge is 0.480 e. The molecule has 204 valence electrons. The molecule has 0 unspecified atom stereocenters. The number of imidazole rings is 1. The molecule has 4 heterocycles. The molecule has 0 bridgehead atoms. The van der Waals surface area contributed by atoms with Crippen molar-refractivity contribution in [1.29, 1.82) is 0 Å². The number of anilines is 1. The van der Waals surface area contributed by atoms with Gasteiger partial charge in [-0.05, 0) is 51.0 Å². The summed E-state index contributed by atoms with van der Waals surface area (Å²) in [5.74, 6) is 0.842. The molecule has 0 radical (unpaired) electrons. The Bertz CT molecular complexity index is 1620. The van der Waals surface area contributed by atoms with Crippen LogP contribution >= 0.6 is 0 Å². The molecule has 11 heteroatoms. The summed E-state index contributed by atoms with van der Waals surface area (Å²) in [5, 5.41) is 4.61. The average molecular weight is 541 g/mol. The van der Waals surface area contributed by atoms with Gasteiger partial charge in [-0.15, -0.1) is 0 Å². The Morgan fingerprint density at radius 1 is 1.13 bits per heavy atom. The summed E-state index contributed by atoms with van der Waals surface area (Å²) < 4.78 is 72.8. The summed E-state index contributed by atoms with van der Waals surface area (Å²) in [7, 11) is 1.52. The fraction of sp³-hybridized carbons (Fsp3) is 0.429. The topological polar surface area (TPSA) is 73.9 Å². The molecule has 4 aromatic rings. The number of ether oxygens (including phenoxy) is 1. The number of hydrogen-bond acceptors (Lipinski definition) is 6. The van der Waals surface area contributed by atoms with E-state index in [0.29, 0.717) is 47.9 Å². The zero-order chi connectivity index (χ0) is 30.0. The van der Waals surface area contributed by atoms with Gasteiger partial charge in [0.05, 0.1) is 18.4 Å². The summed E-state index contributed by atoms with van der Waals surface area (Å²) in [4.78, 5) is 14.8. The number of alkyl halides is 3. The zero-order valence-electron chi connectivity index (χ0n) is 24.8. The molecule has 0 saturated heterocycles. The van der Waals surface area contributed by atoms with Crippen molar-refractivity contribution in [2.75, 3.05) is 18.6 Å². The summed E-state index contributed by atoms with van der Waals surface area (Å²) >= 11 is 0. The van der Waals surface area contributed by atoms with E-state index in [0.717, 1.165) is 40.7 Å². The van der Waals surface area contributed by atoms with Gasteiger partial charge in [0.25, 0.3) is 0 Å². The number of fused-ring (bicyclic) bond motifs is 1. The van der Waals surface area contributed by atoms with Crippen LogP contribution in [0.2, 0.25) is 0 Å². The fourth-order valence-corrected chi connectivity index (χ4v) is 5.22. The van der Waals surface area contributed by atoms with Gasteiger partial charge in [0, 0.05) is 71.3 Å². The van der Waals surface area contributed by atoms with Crippen LogP contribution in [0, 0.1) is 0 Å². The standard InChI is InChI=1S/C28H30F3N7O/c1-16(2)38-14-22(28(29,30)31)34-26(38)18-7-9-19(10-8-18)37-12-11-21-20(13-37)25(35-36(21)3)23-24(17-5-6-17)32-15-33-27(23)39-4/h7-10,14-17H,5-6,11-13H2,1-4H3/i3D3. The van der Waals surface area contributed by atoms with E-state index in [4.69, 9.17) is 8.85 Å². The second kappa shape index (κ2) is 9.39. The summed E-state index contributed by atoms with van der Waals surface area (Å²) in [5.41, 5.74) is 3.81. The number of benzene rings is 1. The third kappa shape index (κ3) is 4.53. The molecule has 1 aliphatic carbocycles. The molecule has 6 rings (SSSR count). The summed E-state index contributed by atoms with van der Waals surface area (Å²) in [6.07, 6.45) is 0.356. The molecule has 0 spiro atoms. The van der Waals surface area contributed by atoms with Crippen LogP contribution in [-0.4, -0.2) is 43.0 Å². The number of methoxy groups -OCH3 is 1. The Balaban J connectivity index is 1.38. The van der Waals surface area contributed by atoms with Gasteiger partial charge in [-0.2, -0.15) is 18.3 Å². The van der Waals surface area contributed by atoms with Gasteiger partial charge < -0.3 is 14.2 Å². The molecule has 1 saturated carbocycles. The normalized spacial score (nSPS) is 17.1. The van der Waals surface area contributed by atoms with Crippen molar-refractivity contribution in [3.63, 3.8) is 0 Å². The van der Waals surface area contributed by atoms with E-state index >= 15 is 0 Å². The van der Waals surface area contributed by atoms with Gasteiger partial charge in [-0.25, -0.2) is 15.0 Å². The number of aryl methyl sites for hydroxylation is 1. The molecule has 0 N–H and O–H groups in total. The van der Waals surface area contributed by atoms with E-state index in [9.17, 15) is 13.2 Å². The van der Waals surface area contributed by atoms with Gasteiger partial charge in [0.2, 0.25) is 5.88 Å². The lowest BCUT2D eigenvalue weighted by Crippen LogP contribution is -2.31. The fourth-order valence-electron chi connectivity index (χ4n) is 5.22. The van der Waals surface area contributed by atoms with E-state index in [2.05, 4.69) is 25.0 Å². The minimum Gasteiger partial charge on any atom is -0.480 e. The number of hydrogen-bond donors (Lipinski definition) is 0. The van der Waals surface area contributed by atoms with Crippen LogP contribution in [-0.2, 0) is 26.1 Å². The van der Waals surface area contributed by atoms with Crippen LogP contribution in [0.4, 0.5) is 18.9 Å². The first-order valence-corrected chi connectivity index (χ1v) is 12.9. The highest BCUT2D eigenvalue weighted by atomic mass is 19.4. The average Bonchev–Trinajstić information content (AvgIpc) is 3.55. The van der Waals surface area contributed by atoms with Gasteiger partial charge in [0.15, 0.2) is 5.69 Å². The van der Waals surface area contributed by atoms with Crippen molar-refractivity contribution in [3.05, 3.63) is 59.4 Å². The van der Waals surface area contributed by atoms with E-state index < -0.39 is 18.8 Å². The SMILES string of the molecule is [2H]C([2H])([2H])n1nc(-c2c(OC)ncnc2C2CC2)c2c1CCN(c1ccc(-c3nc(C(F)(F)F)cn3C(C)C)cc1)C2. The Labute approximate surface area is 228 Å². The lowest BCUT2D eigenvalue weighted by molar-refractivity contribution is -0.140. The maximum absolute atomic E-state index is 13.4. The number of nitrogens with zero attached hydrogens (tertiary/aromatic N) is 7. The predicted octanol–water partition coefficient (Wildman–Crippen LogP) is 5.79. The second-order valence-corrected chi connectivity index (χ2v) is 10.3. The first kappa shape index (κ1) is 22.0. The van der Waals surface area contributed by atoms with Crippen molar-refractivity contribution < 1.29 is 22.0 Å². The molecule has 1 aromatic carbocycles. The van der Waals surface area contributed by atoms with Crippen molar-refractivity contribution in [2.24, 2.45) is 6.98 Å². The molecule has 39 heavy (non-hydrogen) atoms. The molecule has 8 nitrogen and oxygen atoms in total. The van der Waals surface area contributed by atoms with E-state index in [1.807, 2.05) is 26.0 Å². The van der Waals surface area contributed by atoms with Crippen molar-refractivity contribution in [2.45, 2.75) is 57.8 Å². The van der Waals surface area contributed by atoms with Crippen LogP contribution in [0.3, 0.4) is 0 Å². The monoisotopic (exact) mass is 540 g/mol. The number of aromatic nitrogens is 6. The lowest BCUT2D eigenvalue weighted by Gasteiger charge is -2.30. The van der Waals surface area contributed by atoms with Gasteiger partial charge in [-0.3, -0.25) is 4.68 Å². The number of halogens is 3. The van der Waals surface area contributed by atoms with Crippen molar-refractivity contribution in [1.82, 2.24) is 29.3 Å². The molecule has 1 fully saturated rings. The highest BCUT2D eigenvalue weighted by molar-refractivity contribution is 5.73. The molecular weight excluding hydrogens is 507 g/mol. The van der Waals surface area contributed by atoms with Gasteiger partial charge in [-0.1, -0.05) is 0 Å².